The van der Waals surface area contributed by atoms with Crippen molar-refractivity contribution in [2.24, 2.45) is 0 Å². The number of halogens is 2. The normalized spacial score (nSPS) is 10.6. The van der Waals surface area contributed by atoms with Crippen LogP contribution in [0.1, 0.15) is 22.4 Å². The molecule has 0 aliphatic heterocycles. The topological polar surface area (TPSA) is 22.1 Å². The molecular weight excluding hydrogens is 326 g/mol. The van der Waals surface area contributed by atoms with Crippen molar-refractivity contribution in [3.63, 3.8) is 0 Å². The number of rotatable bonds is 3. The Morgan fingerprint density at radius 3 is 2.37 bits per heavy atom. The summed E-state index contributed by atoms with van der Waals surface area (Å²) in [6.45, 7) is 6.03. The number of ether oxygens (including phenoxy) is 1. The molecule has 100 valence electrons. The van der Waals surface area contributed by atoms with E-state index in [1.165, 1.54) is 0 Å². The van der Waals surface area contributed by atoms with Crippen LogP contribution >= 0.6 is 27.5 Å². The van der Waals surface area contributed by atoms with Crippen LogP contribution in [0.25, 0.3) is 0 Å². The van der Waals surface area contributed by atoms with Gasteiger partial charge in [0, 0.05) is 28.0 Å². The van der Waals surface area contributed by atoms with Crippen molar-refractivity contribution in [3.8, 4) is 11.5 Å². The van der Waals surface area contributed by atoms with E-state index in [0.29, 0.717) is 5.88 Å². The molecule has 2 rings (SSSR count). The first-order valence-electron chi connectivity index (χ1n) is 5.97. The fraction of sp³-hybridized carbons (Fsp3) is 0.267. The molecule has 0 aliphatic rings. The van der Waals surface area contributed by atoms with E-state index in [0.717, 1.165) is 38.4 Å². The van der Waals surface area contributed by atoms with Gasteiger partial charge in [-0.25, -0.2) is 0 Å². The standard InChI is InChI=1S/C15H15BrClNO/c1-9-4-13(5-10(2)15(9)16)19-14-6-11(3)18-8-12(14)7-17/h4-6,8H,7H2,1-3H3. The van der Waals surface area contributed by atoms with Crippen LogP contribution < -0.4 is 4.74 Å². The number of nitrogens with zero attached hydrogens (tertiary/aromatic N) is 1. The molecule has 19 heavy (non-hydrogen) atoms. The average molecular weight is 341 g/mol. The number of pyridine rings is 1. The van der Waals surface area contributed by atoms with Crippen molar-refractivity contribution in [3.05, 3.63) is 51.3 Å². The lowest BCUT2D eigenvalue weighted by Gasteiger charge is -2.12. The molecule has 1 aromatic heterocycles. The Hall–Kier alpha value is -1.06. The number of aryl methyl sites for hydroxylation is 3. The molecule has 0 amide bonds. The largest absolute Gasteiger partial charge is 0.457 e. The van der Waals surface area contributed by atoms with Crippen LogP contribution in [-0.4, -0.2) is 4.98 Å². The van der Waals surface area contributed by atoms with E-state index in [-0.39, 0.29) is 0 Å². The van der Waals surface area contributed by atoms with E-state index in [1.54, 1.807) is 6.20 Å². The summed E-state index contributed by atoms with van der Waals surface area (Å²) < 4.78 is 7.07. The van der Waals surface area contributed by atoms with Gasteiger partial charge in [-0.15, -0.1) is 11.6 Å². The van der Waals surface area contributed by atoms with Gasteiger partial charge in [-0.3, -0.25) is 4.98 Å². The fourth-order valence-electron chi connectivity index (χ4n) is 1.85. The van der Waals surface area contributed by atoms with E-state index in [1.807, 2.05) is 39.0 Å². The second-order valence-corrected chi connectivity index (χ2v) is 5.60. The minimum Gasteiger partial charge on any atom is -0.457 e. The van der Waals surface area contributed by atoms with Gasteiger partial charge in [0.05, 0.1) is 5.88 Å². The highest BCUT2D eigenvalue weighted by molar-refractivity contribution is 9.10. The predicted octanol–water partition coefficient (Wildman–Crippen LogP) is 5.30. The minimum absolute atomic E-state index is 0.386. The van der Waals surface area contributed by atoms with Crippen molar-refractivity contribution in [1.82, 2.24) is 4.98 Å². The number of hydrogen-bond donors (Lipinski definition) is 0. The van der Waals surface area contributed by atoms with E-state index < -0.39 is 0 Å². The van der Waals surface area contributed by atoms with Crippen LogP contribution in [0, 0.1) is 20.8 Å². The Bertz CT molecular complexity index is 590. The molecule has 0 N–H and O–H groups in total. The summed E-state index contributed by atoms with van der Waals surface area (Å²) in [5.41, 5.74) is 4.10. The minimum atomic E-state index is 0.386. The molecule has 0 unspecified atom stereocenters. The molecule has 2 nitrogen and oxygen atoms in total. The third kappa shape index (κ3) is 3.28. The van der Waals surface area contributed by atoms with Crippen molar-refractivity contribution < 1.29 is 4.74 Å². The van der Waals surface area contributed by atoms with E-state index in [2.05, 4.69) is 20.9 Å². The maximum absolute atomic E-state index is 5.95. The van der Waals surface area contributed by atoms with Crippen LogP contribution in [-0.2, 0) is 5.88 Å². The number of benzene rings is 1. The van der Waals surface area contributed by atoms with E-state index in [4.69, 9.17) is 16.3 Å². The molecule has 1 heterocycles. The summed E-state index contributed by atoms with van der Waals surface area (Å²) in [6.07, 6.45) is 1.76. The fourth-order valence-corrected chi connectivity index (χ4v) is 2.28. The summed E-state index contributed by atoms with van der Waals surface area (Å²) in [7, 11) is 0. The van der Waals surface area contributed by atoms with Crippen molar-refractivity contribution in [2.75, 3.05) is 0 Å². The zero-order chi connectivity index (χ0) is 14.0. The van der Waals surface area contributed by atoms with Gasteiger partial charge in [0.25, 0.3) is 0 Å². The summed E-state index contributed by atoms with van der Waals surface area (Å²) in [5, 5.41) is 0. The third-order valence-corrected chi connectivity index (χ3v) is 4.40. The Morgan fingerprint density at radius 2 is 1.79 bits per heavy atom. The first-order chi connectivity index (χ1) is 9.01. The molecule has 0 spiro atoms. The van der Waals surface area contributed by atoms with Gasteiger partial charge in [0.15, 0.2) is 0 Å². The maximum Gasteiger partial charge on any atom is 0.135 e. The van der Waals surface area contributed by atoms with Gasteiger partial charge in [0.1, 0.15) is 11.5 Å². The molecule has 4 heteroatoms. The SMILES string of the molecule is Cc1cc(Oc2cc(C)c(Br)c(C)c2)c(CCl)cn1. The summed E-state index contributed by atoms with van der Waals surface area (Å²) >= 11 is 9.46. The van der Waals surface area contributed by atoms with Crippen LogP contribution in [0.4, 0.5) is 0 Å². The summed E-state index contributed by atoms with van der Waals surface area (Å²) in [6, 6.07) is 5.92. The third-order valence-electron chi connectivity index (χ3n) is 2.86. The number of alkyl halides is 1. The first kappa shape index (κ1) is 14.4. The molecule has 0 aliphatic carbocycles. The molecule has 0 atom stereocenters. The Morgan fingerprint density at radius 1 is 1.16 bits per heavy atom. The van der Waals surface area contributed by atoms with Crippen molar-refractivity contribution in [1.29, 1.82) is 0 Å². The highest BCUT2D eigenvalue weighted by atomic mass is 79.9. The van der Waals surface area contributed by atoms with Crippen LogP contribution in [0.2, 0.25) is 0 Å². The maximum atomic E-state index is 5.95. The molecule has 2 aromatic rings. The highest BCUT2D eigenvalue weighted by Gasteiger charge is 2.08. The monoisotopic (exact) mass is 339 g/mol. The van der Waals surface area contributed by atoms with Crippen LogP contribution in [0.15, 0.2) is 28.9 Å². The molecule has 0 radical (unpaired) electrons. The van der Waals surface area contributed by atoms with Crippen molar-refractivity contribution >= 4 is 27.5 Å². The predicted molar refractivity (Wildman–Crippen MR) is 82.2 cm³/mol. The lowest BCUT2D eigenvalue weighted by molar-refractivity contribution is 0.476. The number of aromatic nitrogens is 1. The first-order valence-corrected chi connectivity index (χ1v) is 7.30. The quantitative estimate of drug-likeness (QED) is 0.707. The second kappa shape index (κ2) is 5.93. The molecule has 0 fully saturated rings. The second-order valence-electron chi connectivity index (χ2n) is 4.54. The molecule has 0 saturated carbocycles. The molecule has 1 aromatic carbocycles. The zero-order valence-electron chi connectivity index (χ0n) is 11.1. The summed E-state index contributed by atoms with van der Waals surface area (Å²) in [4.78, 5) is 4.23. The van der Waals surface area contributed by atoms with Crippen molar-refractivity contribution in [2.45, 2.75) is 26.7 Å². The Balaban J connectivity index is 2.38. The zero-order valence-corrected chi connectivity index (χ0v) is 13.5. The van der Waals surface area contributed by atoms with Gasteiger partial charge in [-0.05, 0) is 44.0 Å². The van der Waals surface area contributed by atoms with E-state index in [9.17, 15) is 0 Å². The Labute approximate surface area is 126 Å². The molecule has 0 bridgehead atoms. The lowest BCUT2D eigenvalue weighted by Crippen LogP contribution is -1.94. The lowest BCUT2D eigenvalue weighted by atomic mass is 10.1. The van der Waals surface area contributed by atoms with Gasteiger partial charge < -0.3 is 4.74 Å². The summed E-state index contributed by atoms with van der Waals surface area (Å²) in [5.74, 6) is 1.97. The molecule has 0 saturated heterocycles. The molecular formula is C15H15BrClNO. The number of hydrogen-bond acceptors (Lipinski definition) is 2. The van der Waals surface area contributed by atoms with Gasteiger partial charge >= 0.3 is 0 Å². The Kier molecular flexibility index (Phi) is 4.48. The average Bonchev–Trinajstić information content (AvgIpc) is 2.36. The van der Waals surface area contributed by atoms with Gasteiger partial charge in [0.2, 0.25) is 0 Å². The highest BCUT2D eigenvalue weighted by Crippen LogP contribution is 2.31. The van der Waals surface area contributed by atoms with Crippen LogP contribution in [0.3, 0.4) is 0 Å². The van der Waals surface area contributed by atoms with Crippen LogP contribution in [0.5, 0.6) is 11.5 Å². The van der Waals surface area contributed by atoms with Gasteiger partial charge in [-0.2, -0.15) is 0 Å². The smallest absolute Gasteiger partial charge is 0.135 e. The van der Waals surface area contributed by atoms with Gasteiger partial charge in [-0.1, -0.05) is 15.9 Å². The van der Waals surface area contributed by atoms with E-state index >= 15 is 0 Å².